The molecule has 4 rings (SSSR count). The zero-order valence-electron chi connectivity index (χ0n) is 10.9. The molecule has 18 heavy (non-hydrogen) atoms. The molecule has 0 aromatic rings. The van der Waals surface area contributed by atoms with Crippen LogP contribution in [0.4, 0.5) is 0 Å². The Labute approximate surface area is 107 Å². The molecule has 4 aliphatic rings. The van der Waals surface area contributed by atoms with Gasteiger partial charge >= 0.3 is 5.97 Å². The van der Waals surface area contributed by atoms with Gasteiger partial charge in [-0.15, -0.1) is 0 Å². The van der Waals surface area contributed by atoms with E-state index in [1.165, 1.54) is 0 Å². The summed E-state index contributed by atoms with van der Waals surface area (Å²) < 4.78 is 5.60. The van der Waals surface area contributed by atoms with Gasteiger partial charge in [0.2, 0.25) is 0 Å². The summed E-state index contributed by atoms with van der Waals surface area (Å²) in [5.74, 6) is 2.02. The lowest BCUT2D eigenvalue weighted by Crippen LogP contribution is -2.48. The van der Waals surface area contributed by atoms with Gasteiger partial charge in [0, 0.05) is 11.5 Å². The lowest BCUT2D eigenvalue weighted by molar-refractivity contribution is -0.141. The van der Waals surface area contributed by atoms with Crippen LogP contribution < -0.4 is 0 Å². The van der Waals surface area contributed by atoms with E-state index < -0.39 is 5.60 Å². The van der Waals surface area contributed by atoms with Crippen LogP contribution in [0.1, 0.15) is 33.1 Å². The molecule has 2 saturated carbocycles. The van der Waals surface area contributed by atoms with Crippen LogP contribution in [0.25, 0.3) is 0 Å². The molecule has 0 aromatic heterocycles. The normalized spacial score (nSPS) is 57.1. The second-order valence-electron chi connectivity index (χ2n) is 6.89. The van der Waals surface area contributed by atoms with Gasteiger partial charge in [-0.05, 0) is 49.9 Å². The van der Waals surface area contributed by atoms with Crippen molar-refractivity contribution in [3.8, 4) is 0 Å². The van der Waals surface area contributed by atoms with Crippen molar-refractivity contribution >= 4 is 5.97 Å². The number of hydrogen-bond acceptors (Lipinski definition) is 3. The topological polar surface area (TPSA) is 46.5 Å². The van der Waals surface area contributed by atoms with E-state index in [0.29, 0.717) is 23.7 Å². The number of carbonyl (C=O) groups excluding carboxylic acids is 1. The Balaban J connectivity index is 1.84. The molecule has 7 unspecified atom stereocenters. The van der Waals surface area contributed by atoms with Crippen LogP contribution in [-0.2, 0) is 9.53 Å². The summed E-state index contributed by atoms with van der Waals surface area (Å²) in [6.45, 7) is 4.20. The number of esters is 1. The lowest BCUT2D eigenvalue weighted by Gasteiger charge is -2.48. The maximum absolute atomic E-state index is 11.9. The third-order valence-corrected chi connectivity index (χ3v) is 6.13. The molecule has 0 amide bonds. The monoisotopic (exact) mass is 248 g/mol. The van der Waals surface area contributed by atoms with Crippen LogP contribution >= 0.6 is 0 Å². The van der Waals surface area contributed by atoms with E-state index >= 15 is 0 Å². The molecule has 0 bridgehead atoms. The highest BCUT2D eigenvalue weighted by Gasteiger charge is 2.63. The minimum absolute atomic E-state index is 0.0791. The highest BCUT2D eigenvalue weighted by Crippen LogP contribution is 2.62. The first-order valence-electron chi connectivity index (χ1n) is 7.14. The van der Waals surface area contributed by atoms with Crippen LogP contribution in [0.5, 0.6) is 0 Å². The number of ether oxygens (including phenoxy) is 1. The summed E-state index contributed by atoms with van der Waals surface area (Å²) in [6.07, 6.45) is 4.93. The van der Waals surface area contributed by atoms with Crippen LogP contribution in [0, 0.1) is 29.6 Å². The number of rotatable bonds is 0. The van der Waals surface area contributed by atoms with Crippen molar-refractivity contribution in [2.45, 2.75) is 44.8 Å². The smallest absolute Gasteiger partial charge is 0.334 e. The molecule has 3 nitrogen and oxygen atoms in total. The molecule has 1 heterocycles. The van der Waals surface area contributed by atoms with Crippen molar-refractivity contribution in [1.29, 1.82) is 0 Å². The van der Waals surface area contributed by atoms with E-state index in [2.05, 4.69) is 6.92 Å². The number of carbonyl (C=O) groups is 1. The Morgan fingerprint density at radius 2 is 2.28 bits per heavy atom. The van der Waals surface area contributed by atoms with Gasteiger partial charge < -0.3 is 9.84 Å². The molecule has 3 heteroatoms. The second kappa shape index (κ2) is 3.19. The molecule has 0 radical (unpaired) electrons. The second-order valence-corrected chi connectivity index (χ2v) is 6.89. The Hall–Kier alpha value is -0.830. The van der Waals surface area contributed by atoms with Gasteiger partial charge in [0.1, 0.15) is 6.10 Å². The molecule has 1 N–H and O–H groups in total. The van der Waals surface area contributed by atoms with Gasteiger partial charge in [0.25, 0.3) is 0 Å². The summed E-state index contributed by atoms with van der Waals surface area (Å²) in [5, 5.41) is 10.6. The fourth-order valence-electron chi connectivity index (χ4n) is 5.25. The maximum atomic E-state index is 11.9. The van der Waals surface area contributed by atoms with E-state index in [1.807, 2.05) is 13.0 Å². The fraction of sp³-hybridized carbons (Fsp3) is 0.800. The van der Waals surface area contributed by atoms with Crippen molar-refractivity contribution in [3.05, 3.63) is 11.6 Å². The molecule has 3 fully saturated rings. The standard InChI is InChI=1S/C15H20O3/c1-7-8-5-6-15(2,17)10-4-3-9-12(11(8)10)13(7)18-14(9)16/h3,7-8,10-13,17H,4-6H2,1-2H3. The SMILES string of the molecule is CC1C2CCC(C)(O)C3CC=C4C(=O)OC1C4C23. The van der Waals surface area contributed by atoms with Gasteiger partial charge in [-0.3, -0.25) is 0 Å². The summed E-state index contributed by atoms with van der Waals surface area (Å²) >= 11 is 0. The first-order valence-corrected chi connectivity index (χ1v) is 7.14. The van der Waals surface area contributed by atoms with E-state index in [1.54, 1.807) is 0 Å². The predicted octanol–water partition coefficient (Wildman–Crippen LogP) is 1.90. The van der Waals surface area contributed by atoms with Crippen LogP contribution in [-0.4, -0.2) is 22.8 Å². The van der Waals surface area contributed by atoms with Gasteiger partial charge in [-0.2, -0.15) is 0 Å². The van der Waals surface area contributed by atoms with Crippen molar-refractivity contribution in [1.82, 2.24) is 0 Å². The molecule has 3 aliphatic carbocycles. The Bertz CT molecular complexity index is 451. The van der Waals surface area contributed by atoms with Gasteiger partial charge in [0.05, 0.1) is 5.60 Å². The Morgan fingerprint density at radius 3 is 3.06 bits per heavy atom. The summed E-state index contributed by atoms with van der Waals surface area (Å²) in [4.78, 5) is 11.9. The van der Waals surface area contributed by atoms with Crippen molar-refractivity contribution in [2.75, 3.05) is 0 Å². The minimum atomic E-state index is -0.566. The fourth-order valence-corrected chi connectivity index (χ4v) is 5.25. The predicted molar refractivity (Wildman–Crippen MR) is 65.6 cm³/mol. The Morgan fingerprint density at radius 1 is 1.50 bits per heavy atom. The summed E-state index contributed by atoms with van der Waals surface area (Å²) in [5.41, 5.74) is 0.344. The molecule has 1 aliphatic heterocycles. The zero-order chi connectivity index (χ0) is 12.7. The molecule has 0 spiro atoms. The summed E-state index contributed by atoms with van der Waals surface area (Å²) in [7, 11) is 0. The molecule has 98 valence electrons. The van der Waals surface area contributed by atoms with Crippen LogP contribution in [0.3, 0.4) is 0 Å². The zero-order valence-corrected chi connectivity index (χ0v) is 10.9. The molecular formula is C15H20O3. The van der Waals surface area contributed by atoms with E-state index in [0.717, 1.165) is 24.8 Å². The molecule has 7 atom stereocenters. The highest BCUT2D eigenvalue weighted by atomic mass is 16.6. The number of allylic oxidation sites excluding steroid dienone is 1. The Kier molecular flexibility index (Phi) is 1.95. The average molecular weight is 248 g/mol. The van der Waals surface area contributed by atoms with Crippen LogP contribution in [0.2, 0.25) is 0 Å². The first kappa shape index (κ1) is 11.0. The van der Waals surface area contributed by atoms with Gasteiger partial charge in [-0.1, -0.05) is 13.0 Å². The first-order chi connectivity index (χ1) is 8.50. The van der Waals surface area contributed by atoms with E-state index in [9.17, 15) is 9.90 Å². The lowest BCUT2D eigenvalue weighted by atomic mass is 9.59. The van der Waals surface area contributed by atoms with Crippen molar-refractivity contribution < 1.29 is 14.6 Å². The van der Waals surface area contributed by atoms with Crippen LogP contribution in [0.15, 0.2) is 11.6 Å². The van der Waals surface area contributed by atoms with E-state index in [4.69, 9.17) is 4.74 Å². The highest BCUT2D eigenvalue weighted by molar-refractivity contribution is 5.92. The maximum Gasteiger partial charge on any atom is 0.334 e. The minimum Gasteiger partial charge on any atom is -0.458 e. The third-order valence-electron chi connectivity index (χ3n) is 6.13. The third kappa shape index (κ3) is 1.12. The quantitative estimate of drug-likeness (QED) is 0.666. The van der Waals surface area contributed by atoms with E-state index in [-0.39, 0.29) is 18.0 Å². The van der Waals surface area contributed by atoms with Crippen molar-refractivity contribution in [3.63, 3.8) is 0 Å². The molecular weight excluding hydrogens is 228 g/mol. The number of aliphatic hydroxyl groups is 1. The largest absolute Gasteiger partial charge is 0.458 e. The van der Waals surface area contributed by atoms with Crippen molar-refractivity contribution in [2.24, 2.45) is 29.6 Å². The van der Waals surface area contributed by atoms with Gasteiger partial charge in [-0.25, -0.2) is 4.79 Å². The summed E-state index contributed by atoms with van der Waals surface area (Å²) in [6, 6.07) is 0. The molecule has 0 aromatic carbocycles. The molecule has 1 saturated heterocycles. The van der Waals surface area contributed by atoms with Gasteiger partial charge in [0.15, 0.2) is 0 Å². The number of hydrogen-bond donors (Lipinski definition) is 1. The average Bonchev–Trinajstić information content (AvgIpc) is 2.79.